The maximum Gasteiger partial charge on any atom is 0.253 e. The number of amides is 1. The molecular weight excluding hydrogens is 406 g/mol. The van der Waals surface area contributed by atoms with Gasteiger partial charge in [-0.25, -0.2) is 13.6 Å². The van der Waals surface area contributed by atoms with Crippen molar-refractivity contribution >= 4 is 21.6 Å². The molecule has 3 rings (SSSR count). The number of carbonyl (C=O) groups excluding carboxylic acids is 1. The fraction of sp³-hybridized carbons (Fsp3) is 0.381. The molecule has 1 aliphatic heterocycles. The van der Waals surface area contributed by atoms with Crippen LogP contribution < -0.4 is 20.1 Å². The predicted molar refractivity (Wildman–Crippen MR) is 114 cm³/mol. The standard InChI is InChI=1S/C21H27N3O5S/c1-28-17-6-4-16(5-7-17)3-2-10-23-21(25)19-15-18(30(22,26)27)8-9-20(19)24-11-13-29-14-12-24/h4-9,15H,2-3,10-14H2,1H3,(H,23,25)(H2,22,26,27). The van der Waals surface area contributed by atoms with E-state index >= 15 is 0 Å². The molecule has 0 atom stereocenters. The van der Waals surface area contributed by atoms with Gasteiger partial charge in [0.2, 0.25) is 10.0 Å². The van der Waals surface area contributed by atoms with E-state index in [9.17, 15) is 13.2 Å². The Hall–Kier alpha value is -2.62. The lowest BCUT2D eigenvalue weighted by molar-refractivity contribution is 0.0951. The summed E-state index contributed by atoms with van der Waals surface area (Å²) in [6.45, 7) is 2.84. The summed E-state index contributed by atoms with van der Waals surface area (Å²) in [6, 6.07) is 12.2. The molecule has 0 saturated carbocycles. The average molecular weight is 434 g/mol. The van der Waals surface area contributed by atoms with Gasteiger partial charge in [0.25, 0.3) is 5.91 Å². The molecule has 1 aliphatic rings. The van der Waals surface area contributed by atoms with E-state index in [2.05, 4.69) is 5.32 Å². The molecule has 0 aliphatic carbocycles. The molecule has 2 aromatic carbocycles. The van der Waals surface area contributed by atoms with Crippen LogP contribution in [-0.4, -0.2) is 54.3 Å². The van der Waals surface area contributed by atoms with Crippen molar-refractivity contribution in [3.8, 4) is 5.75 Å². The van der Waals surface area contributed by atoms with Gasteiger partial charge in [-0.3, -0.25) is 4.79 Å². The summed E-state index contributed by atoms with van der Waals surface area (Å²) in [7, 11) is -2.28. The molecule has 0 bridgehead atoms. The molecule has 3 N–H and O–H groups in total. The van der Waals surface area contributed by atoms with E-state index in [0.29, 0.717) is 44.1 Å². The SMILES string of the molecule is COc1ccc(CCCNC(=O)c2cc(S(N)(=O)=O)ccc2N2CCOCC2)cc1. The highest BCUT2D eigenvalue weighted by Gasteiger charge is 2.21. The Morgan fingerprint density at radius 3 is 2.50 bits per heavy atom. The lowest BCUT2D eigenvalue weighted by Gasteiger charge is -2.30. The Balaban J connectivity index is 1.67. The predicted octanol–water partition coefficient (Wildman–Crippen LogP) is 1.54. The van der Waals surface area contributed by atoms with Gasteiger partial charge in [-0.05, 0) is 48.7 Å². The summed E-state index contributed by atoms with van der Waals surface area (Å²) < 4.78 is 34.0. The fourth-order valence-electron chi connectivity index (χ4n) is 3.34. The molecule has 9 heteroatoms. The number of nitrogens with one attached hydrogen (secondary N) is 1. The number of ether oxygens (including phenoxy) is 2. The number of anilines is 1. The van der Waals surface area contributed by atoms with Crippen LogP contribution in [0.1, 0.15) is 22.3 Å². The van der Waals surface area contributed by atoms with E-state index in [1.54, 1.807) is 13.2 Å². The zero-order valence-corrected chi connectivity index (χ0v) is 17.8. The van der Waals surface area contributed by atoms with Gasteiger partial charge in [-0.1, -0.05) is 12.1 Å². The largest absolute Gasteiger partial charge is 0.497 e. The first-order valence-electron chi connectivity index (χ1n) is 9.79. The molecule has 1 amide bonds. The molecule has 8 nitrogen and oxygen atoms in total. The molecule has 0 radical (unpaired) electrons. The monoisotopic (exact) mass is 433 g/mol. The van der Waals surface area contributed by atoms with E-state index in [0.717, 1.165) is 24.2 Å². The Morgan fingerprint density at radius 1 is 1.17 bits per heavy atom. The number of nitrogens with two attached hydrogens (primary N) is 1. The molecular formula is C21H27N3O5S. The lowest BCUT2D eigenvalue weighted by atomic mass is 10.1. The molecule has 0 unspecified atom stereocenters. The summed E-state index contributed by atoms with van der Waals surface area (Å²) in [4.78, 5) is 14.8. The van der Waals surface area contributed by atoms with E-state index in [4.69, 9.17) is 14.6 Å². The number of methoxy groups -OCH3 is 1. The maximum absolute atomic E-state index is 12.9. The van der Waals surface area contributed by atoms with Crippen molar-refractivity contribution in [1.29, 1.82) is 0 Å². The molecule has 30 heavy (non-hydrogen) atoms. The molecule has 162 valence electrons. The first-order valence-corrected chi connectivity index (χ1v) is 11.3. The topological polar surface area (TPSA) is 111 Å². The first kappa shape index (κ1) is 22.1. The number of hydrogen-bond donors (Lipinski definition) is 2. The van der Waals surface area contributed by atoms with Crippen LogP contribution in [0.4, 0.5) is 5.69 Å². The smallest absolute Gasteiger partial charge is 0.253 e. The van der Waals surface area contributed by atoms with Gasteiger partial charge >= 0.3 is 0 Å². The van der Waals surface area contributed by atoms with Gasteiger partial charge in [-0.15, -0.1) is 0 Å². The van der Waals surface area contributed by atoms with E-state index in [-0.39, 0.29) is 10.8 Å². The van der Waals surface area contributed by atoms with Crippen LogP contribution in [0.5, 0.6) is 5.75 Å². The van der Waals surface area contributed by atoms with Gasteiger partial charge in [0.15, 0.2) is 0 Å². The number of sulfonamides is 1. The second-order valence-corrected chi connectivity index (χ2v) is 8.59. The molecule has 1 saturated heterocycles. The normalized spacial score (nSPS) is 14.4. The van der Waals surface area contributed by atoms with Crippen molar-refractivity contribution in [3.05, 3.63) is 53.6 Å². The summed E-state index contributed by atoms with van der Waals surface area (Å²) >= 11 is 0. The Bertz CT molecular complexity index is 971. The molecule has 0 spiro atoms. The van der Waals surface area contributed by atoms with Crippen LogP contribution >= 0.6 is 0 Å². The second kappa shape index (κ2) is 9.92. The van der Waals surface area contributed by atoms with Crippen molar-refractivity contribution in [1.82, 2.24) is 5.32 Å². The van der Waals surface area contributed by atoms with E-state index in [1.807, 2.05) is 29.2 Å². The van der Waals surface area contributed by atoms with Crippen molar-refractivity contribution < 1.29 is 22.7 Å². The number of nitrogens with zero attached hydrogens (tertiary/aromatic N) is 1. The third kappa shape index (κ3) is 5.71. The summed E-state index contributed by atoms with van der Waals surface area (Å²) in [6.07, 6.45) is 1.55. The number of carbonyl (C=O) groups is 1. The average Bonchev–Trinajstić information content (AvgIpc) is 2.76. The van der Waals surface area contributed by atoms with Gasteiger partial charge in [0.1, 0.15) is 5.75 Å². The summed E-state index contributed by atoms with van der Waals surface area (Å²) in [5.41, 5.74) is 2.13. The highest BCUT2D eigenvalue weighted by Crippen LogP contribution is 2.25. The quantitative estimate of drug-likeness (QED) is 0.611. The van der Waals surface area contributed by atoms with Gasteiger partial charge in [0, 0.05) is 25.3 Å². The van der Waals surface area contributed by atoms with Crippen LogP contribution in [0, 0.1) is 0 Å². The Labute approximate surface area is 177 Å². The molecule has 0 aromatic heterocycles. The van der Waals surface area contributed by atoms with Crippen molar-refractivity contribution in [2.24, 2.45) is 5.14 Å². The zero-order valence-electron chi connectivity index (χ0n) is 17.0. The lowest BCUT2D eigenvalue weighted by Crippen LogP contribution is -2.38. The Kier molecular flexibility index (Phi) is 7.30. The van der Waals surface area contributed by atoms with Gasteiger partial charge in [0.05, 0.1) is 30.8 Å². The van der Waals surface area contributed by atoms with Crippen molar-refractivity contribution in [2.75, 3.05) is 44.9 Å². The highest BCUT2D eigenvalue weighted by atomic mass is 32.2. The van der Waals surface area contributed by atoms with Crippen LogP contribution in [0.2, 0.25) is 0 Å². The number of benzene rings is 2. The maximum atomic E-state index is 12.9. The van der Waals surface area contributed by atoms with Gasteiger partial charge in [-0.2, -0.15) is 0 Å². The van der Waals surface area contributed by atoms with Gasteiger partial charge < -0.3 is 19.7 Å². The number of primary sulfonamides is 1. The minimum Gasteiger partial charge on any atom is -0.497 e. The van der Waals surface area contributed by atoms with Crippen molar-refractivity contribution in [3.63, 3.8) is 0 Å². The van der Waals surface area contributed by atoms with Crippen LogP contribution in [0.25, 0.3) is 0 Å². The van der Waals surface area contributed by atoms with Crippen LogP contribution in [-0.2, 0) is 21.2 Å². The number of aryl methyl sites for hydroxylation is 1. The Morgan fingerprint density at radius 2 is 1.87 bits per heavy atom. The second-order valence-electron chi connectivity index (χ2n) is 7.03. The number of morpholine rings is 1. The number of hydrogen-bond acceptors (Lipinski definition) is 6. The fourth-order valence-corrected chi connectivity index (χ4v) is 3.88. The first-order chi connectivity index (χ1) is 14.4. The summed E-state index contributed by atoms with van der Waals surface area (Å²) in [5.74, 6) is 0.481. The minimum absolute atomic E-state index is 0.0807. The highest BCUT2D eigenvalue weighted by molar-refractivity contribution is 7.89. The molecule has 2 aromatic rings. The molecule has 1 fully saturated rings. The third-order valence-electron chi connectivity index (χ3n) is 4.98. The van der Waals surface area contributed by atoms with E-state index in [1.165, 1.54) is 12.1 Å². The molecule has 1 heterocycles. The van der Waals surface area contributed by atoms with E-state index < -0.39 is 10.0 Å². The third-order valence-corrected chi connectivity index (χ3v) is 5.89. The van der Waals surface area contributed by atoms with Crippen LogP contribution in [0.15, 0.2) is 47.4 Å². The van der Waals surface area contributed by atoms with Crippen LogP contribution in [0.3, 0.4) is 0 Å². The van der Waals surface area contributed by atoms with Crippen molar-refractivity contribution in [2.45, 2.75) is 17.7 Å². The zero-order chi connectivity index (χ0) is 21.6. The summed E-state index contributed by atoms with van der Waals surface area (Å²) in [5, 5.41) is 8.15. The number of rotatable bonds is 8. The minimum atomic E-state index is -3.91.